The Morgan fingerprint density at radius 2 is 1.97 bits per heavy atom. The summed E-state index contributed by atoms with van der Waals surface area (Å²) in [5.41, 5.74) is 3.56. The first-order valence-electron chi connectivity index (χ1n) is 11.5. The average Bonchev–Trinajstić information content (AvgIpc) is 2.81. The van der Waals surface area contributed by atoms with Crippen molar-refractivity contribution in [1.29, 1.82) is 0 Å². The Hall–Kier alpha value is -3.67. The first kappa shape index (κ1) is 23.5. The molecule has 0 amide bonds. The van der Waals surface area contributed by atoms with E-state index in [1.807, 2.05) is 41.0 Å². The zero-order valence-electron chi connectivity index (χ0n) is 20.1. The molecule has 6 nitrogen and oxygen atoms in total. The van der Waals surface area contributed by atoms with Crippen molar-refractivity contribution in [3.8, 4) is 17.1 Å². The normalized spacial score (nSPS) is 14.6. The zero-order chi connectivity index (χ0) is 24.5. The third-order valence-electron chi connectivity index (χ3n) is 6.09. The molecule has 2 aromatic heterocycles. The first-order chi connectivity index (χ1) is 16.2. The second-order valence-electron chi connectivity index (χ2n) is 9.51. The number of aromatic nitrogens is 2. The van der Waals surface area contributed by atoms with Crippen LogP contribution in [0.15, 0.2) is 60.0 Å². The van der Waals surface area contributed by atoms with Crippen molar-refractivity contribution in [3.63, 3.8) is 0 Å². The van der Waals surface area contributed by atoms with Crippen LogP contribution in [0.4, 0.5) is 0 Å². The molecule has 0 saturated carbocycles. The SMILES string of the molecule is C=Cc1nc2c(cc1OCc1ccccc1)CC(C(C)(C)C)n1cc(C(=O)OCC)c(=O)cc1-2. The van der Waals surface area contributed by atoms with Crippen molar-refractivity contribution in [2.45, 2.75) is 46.8 Å². The van der Waals surface area contributed by atoms with Crippen molar-refractivity contribution >= 4 is 12.0 Å². The van der Waals surface area contributed by atoms with Crippen molar-refractivity contribution in [3.05, 3.63) is 87.8 Å². The lowest BCUT2D eigenvalue weighted by Crippen LogP contribution is -2.33. The van der Waals surface area contributed by atoms with Gasteiger partial charge in [0.2, 0.25) is 0 Å². The van der Waals surface area contributed by atoms with Gasteiger partial charge < -0.3 is 14.0 Å². The molecule has 0 fully saturated rings. The topological polar surface area (TPSA) is 70.4 Å². The van der Waals surface area contributed by atoms with Crippen LogP contribution in [-0.2, 0) is 17.8 Å². The highest BCUT2D eigenvalue weighted by atomic mass is 16.5. The number of hydrogen-bond acceptors (Lipinski definition) is 5. The van der Waals surface area contributed by atoms with Gasteiger partial charge in [-0.2, -0.15) is 0 Å². The molecule has 6 heteroatoms. The number of ether oxygens (including phenoxy) is 2. The third-order valence-corrected chi connectivity index (χ3v) is 6.09. The predicted octanol–water partition coefficient (Wildman–Crippen LogP) is 5.45. The van der Waals surface area contributed by atoms with Gasteiger partial charge >= 0.3 is 5.97 Å². The van der Waals surface area contributed by atoms with Crippen LogP contribution in [0.1, 0.15) is 60.9 Å². The number of rotatable bonds is 6. The number of nitrogens with zero attached hydrogens (tertiary/aromatic N) is 2. The van der Waals surface area contributed by atoms with Gasteiger partial charge in [-0.1, -0.05) is 57.7 Å². The van der Waals surface area contributed by atoms with Crippen LogP contribution >= 0.6 is 0 Å². The molecule has 0 radical (unpaired) electrons. The number of esters is 1. The van der Waals surface area contributed by atoms with E-state index in [1.54, 1.807) is 19.2 Å². The second kappa shape index (κ2) is 9.29. The monoisotopic (exact) mass is 458 g/mol. The van der Waals surface area contributed by atoms with Gasteiger partial charge in [-0.25, -0.2) is 9.78 Å². The quantitative estimate of drug-likeness (QED) is 0.459. The molecule has 0 saturated heterocycles. The lowest BCUT2D eigenvalue weighted by molar-refractivity contribution is 0.0523. The van der Waals surface area contributed by atoms with Crippen molar-refractivity contribution in [2.75, 3.05) is 6.61 Å². The fourth-order valence-electron chi connectivity index (χ4n) is 4.31. The second-order valence-corrected chi connectivity index (χ2v) is 9.51. The highest BCUT2D eigenvalue weighted by Gasteiger charge is 2.35. The number of fused-ring (bicyclic) bond motifs is 3. The Morgan fingerprint density at radius 3 is 2.62 bits per heavy atom. The van der Waals surface area contributed by atoms with E-state index >= 15 is 0 Å². The van der Waals surface area contributed by atoms with Gasteiger partial charge in [-0.15, -0.1) is 0 Å². The standard InChI is InChI=1S/C28H30N2O4/c1-6-21-24(34-17-18-11-9-8-10-12-18)13-19-14-25(28(3,4)5)30-16-20(27(32)33-7-2)23(31)15-22(30)26(19)29-21/h6,8-13,15-16,25H,1,7,14,17H2,2-5H3. The molecule has 176 valence electrons. The minimum Gasteiger partial charge on any atom is -0.487 e. The van der Waals surface area contributed by atoms with E-state index in [-0.39, 0.29) is 29.1 Å². The molecular formula is C28H30N2O4. The van der Waals surface area contributed by atoms with Crippen LogP contribution in [-0.4, -0.2) is 22.1 Å². The third kappa shape index (κ3) is 4.53. The maximum absolute atomic E-state index is 12.9. The summed E-state index contributed by atoms with van der Waals surface area (Å²) in [6.07, 6.45) is 3.97. The molecule has 0 spiro atoms. The Morgan fingerprint density at radius 1 is 1.24 bits per heavy atom. The van der Waals surface area contributed by atoms with Crippen molar-refractivity contribution < 1.29 is 14.3 Å². The van der Waals surface area contributed by atoms with Crippen LogP contribution in [0.3, 0.4) is 0 Å². The molecule has 0 bridgehead atoms. The van der Waals surface area contributed by atoms with Gasteiger partial charge in [-0.3, -0.25) is 4.79 Å². The molecular weight excluding hydrogens is 428 g/mol. The van der Waals surface area contributed by atoms with Gasteiger partial charge in [0.15, 0.2) is 5.43 Å². The maximum atomic E-state index is 12.9. The summed E-state index contributed by atoms with van der Waals surface area (Å²) in [7, 11) is 0. The summed E-state index contributed by atoms with van der Waals surface area (Å²) in [5, 5.41) is 0. The Kier molecular flexibility index (Phi) is 6.42. The van der Waals surface area contributed by atoms with Crippen molar-refractivity contribution in [1.82, 2.24) is 9.55 Å². The fourth-order valence-corrected chi connectivity index (χ4v) is 4.31. The van der Waals surface area contributed by atoms with Gasteiger partial charge in [0.1, 0.15) is 23.6 Å². The molecule has 34 heavy (non-hydrogen) atoms. The molecule has 0 aliphatic carbocycles. The van der Waals surface area contributed by atoms with Crippen LogP contribution in [0.5, 0.6) is 5.75 Å². The predicted molar refractivity (Wildman–Crippen MR) is 133 cm³/mol. The number of carbonyl (C=O) groups is 1. The van der Waals surface area contributed by atoms with Gasteiger partial charge in [0.25, 0.3) is 0 Å². The Bertz CT molecular complexity index is 1290. The molecule has 0 N–H and O–H groups in total. The molecule has 1 aromatic carbocycles. The van der Waals surface area contributed by atoms with E-state index in [4.69, 9.17) is 14.5 Å². The van der Waals surface area contributed by atoms with E-state index in [9.17, 15) is 9.59 Å². The summed E-state index contributed by atoms with van der Waals surface area (Å²) in [6.45, 7) is 12.7. The van der Waals surface area contributed by atoms with Crippen molar-refractivity contribution in [2.24, 2.45) is 5.41 Å². The highest BCUT2D eigenvalue weighted by molar-refractivity contribution is 5.89. The lowest BCUT2D eigenvalue weighted by Gasteiger charge is -2.38. The number of carbonyl (C=O) groups excluding carboxylic acids is 1. The van der Waals surface area contributed by atoms with E-state index < -0.39 is 5.97 Å². The van der Waals surface area contributed by atoms with E-state index in [0.29, 0.717) is 35.9 Å². The Balaban J connectivity index is 1.82. The summed E-state index contributed by atoms with van der Waals surface area (Å²) in [6, 6.07) is 13.5. The van der Waals surface area contributed by atoms with E-state index in [2.05, 4.69) is 27.4 Å². The largest absolute Gasteiger partial charge is 0.487 e. The lowest BCUT2D eigenvalue weighted by atomic mass is 9.79. The van der Waals surface area contributed by atoms with Gasteiger partial charge in [0, 0.05) is 18.3 Å². The summed E-state index contributed by atoms with van der Waals surface area (Å²) in [5.74, 6) is 0.0508. The first-order valence-corrected chi connectivity index (χ1v) is 11.5. The summed E-state index contributed by atoms with van der Waals surface area (Å²) in [4.78, 5) is 30.1. The fraction of sp³-hybridized carbons (Fsp3) is 0.321. The summed E-state index contributed by atoms with van der Waals surface area (Å²) >= 11 is 0. The smallest absolute Gasteiger partial charge is 0.343 e. The highest BCUT2D eigenvalue weighted by Crippen LogP contribution is 2.43. The number of pyridine rings is 2. The number of benzene rings is 1. The maximum Gasteiger partial charge on any atom is 0.343 e. The van der Waals surface area contributed by atoms with Crippen LogP contribution in [0, 0.1) is 5.41 Å². The molecule has 4 rings (SSSR count). The molecule has 1 atom stereocenters. The molecule has 1 aliphatic rings. The minimum absolute atomic E-state index is 0.00197. The molecule has 3 heterocycles. The molecule has 1 unspecified atom stereocenters. The summed E-state index contributed by atoms with van der Waals surface area (Å²) < 4.78 is 13.2. The van der Waals surface area contributed by atoms with E-state index in [1.165, 1.54) is 6.07 Å². The van der Waals surface area contributed by atoms with Gasteiger partial charge in [-0.05, 0) is 42.0 Å². The zero-order valence-corrected chi connectivity index (χ0v) is 20.1. The Labute approximate surface area is 199 Å². The van der Waals surface area contributed by atoms with Crippen LogP contribution < -0.4 is 10.2 Å². The van der Waals surface area contributed by atoms with E-state index in [0.717, 1.165) is 11.1 Å². The number of hydrogen-bond donors (Lipinski definition) is 0. The molecule has 1 aliphatic heterocycles. The van der Waals surface area contributed by atoms with Crippen LogP contribution in [0.25, 0.3) is 17.5 Å². The minimum atomic E-state index is -0.606. The molecule has 3 aromatic rings. The average molecular weight is 459 g/mol. The van der Waals surface area contributed by atoms with Gasteiger partial charge in [0.05, 0.1) is 18.0 Å². The van der Waals surface area contributed by atoms with Crippen LogP contribution in [0.2, 0.25) is 0 Å².